The zero-order valence-electron chi connectivity index (χ0n) is 11.2. The third kappa shape index (κ3) is 3.03. The monoisotopic (exact) mass is 277 g/mol. The zero-order chi connectivity index (χ0) is 14.7. The van der Waals surface area contributed by atoms with Gasteiger partial charge in [0.05, 0.1) is 6.10 Å². The van der Waals surface area contributed by atoms with Gasteiger partial charge in [0.1, 0.15) is 11.6 Å². The van der Waals surface area contributed by atoms with E-state index in [9.17, 15) is 13.9 Å². The number of benzene rings is 2. The first-order chi connectivity index (χ1) is 9.52. The maximum atomic E-state index is 13.3. The van der Waals surface area contributed by atoms with Gasteiger partial charge >= 0.3 is 0 Å². The Morgan fingerprint density at radius 3 is 2.45 bits per heavy atom. The van der Waals surface area contributed by atoms with Crippen LogP contribution in [0.3, 0.4) is 0 Å². The Balaban J connectivity index is 2.33. The average molecular weight is 277 g/mol. The molecule has 0 aliphatic heterocycles. The summed E-state index contributed by atoms with van der Waals surface area (Å²) in [5.74, 6) is -1.13. The van der Waals surface area contributed by atoms with E-state index in [2.05, 4.69) is 0 Å². The number of aryl methyl sites for hydroxylation is 1. The van der Waals surface area contributed by atoms with Crippen LogP contribution in [0.4, 0.5) is 8.78 Å². The lowest BCUT2D eigenvalue weighted by Crippen LogP contribution is -2.20. The van der Waals surface area contributed by atoms with E-state index >= 15 is 0 Å². The zero-order valence-corrected chi connectivity index (χ0v) is 11.2. The smallest absolute Gasteiger partial charge is 0.126 e. The molecule has 20 heavy (non-hydrogen) atoms. The first kappa shape index (κ1) is 14.6. The van der Waals surface area contributed by atoms with Crippen molar-refractivity contribution >= 4 is 0 Å². The van der Waals surface area contributed by atoms with Crippen LogP contribution in [0.25, 0.3) is 0 Å². The Morgan fingerprint density at radius 2 is 1.85 bits per heavy atom. The average Bonchev–Trinajstić information content (AvgIpc) is 2.42. The summed E-state index contributed by atoms with van der Waals surface area (Å²) in [5, 5.41) is 10.4. The maximum absolute atomic E-state index is 13.3. The largest absolute Gasteiger partial charge is 0.388 e. The van der Waals surface area contributed by atoms with Gasteiger partial charge in [0.2, 0.25) is 0 Å². The van der Waals surface area contributed by atoms with Gasteiger partial charge in [0.25, 0.3) is 0 Å². The SMILES string of the molecule is Cc1cc(C(O)C(CN)c2cccc(F)c2)ccc1F. The summed E-state index contributed by atoms with van der Waals surface area (Å²) in [7, 11) is 0. The highest BCUT2D eigenvalue weighted by Crippen LogP contribution is 2.31. The van der Waals surface area contributed by atoms with Crippen molar-refractivity contribution in [1.29, 1.82) is 0 Å². The van der Waals surface area contributed by atoms with Crippen LogP contribution in [-0.2, 0) is 0 Å². The summed E-state index contributed by atoms with van der Waals surface area (Å²) in [4.78, 5) is 0. The van der Waals surface area contributed by atoms with Crippen molar-refractivity contribution in [1.82, 2.24) is 0 Å². The van der Waals surface area contributed by atoms with Crippen LogP contribution in [0.5, 0.6) is 0 Å². The fraction of sp³-hybridized carbons (Fsp3) is 0.250. The predicted molar refractivity (Wildman–Crippen MR) is 74.3 cm³/mol. The van der Waals surface area contributed by atoms with Crippen LogP contribution >= 0.6 is 0 Å². The minimum atomic E-state index is -0.902. The topological polar surface area (TPSA) is 46.2 Å². The standard InChI is InChI=1S/C16H17F2NO/c1-10-7-12(5-6-15(10)18)16(20)14(9-19)11-3-2-4-13(17)8-11/h2-8,14,16,20H,9,19H2,1H3. The first-order valence-electron chi connectivity index (χ1n) is 6.42. The minimum Gasteiger partial charge on any atom is -0.388 e. The molecule has 0 aliphatic rings. The van der Waals surface area contributed by atoms with Crippen molar-refractivity contribution in [3.05, 3.63) is 70.8 Å². The van der Waals surface area contributed by atoms with Gasteiger partial charge in [0.15, 0.2) is 0 Å². The van der Waals surface area contributed by atoms with Crippen molar-refractivity contribution in [2.45, 2.75) is 18.9 Å². The fourth-order valence-corrected chi connectivity index (χ4v) is 2.27. The van der Waals surface area contributed by atoms with Crippen molar-refractivity contribution in [2.75, 3.05) is 6.54 Å². The highest BCUT2D eigenvalue weighted by molar-refractivity contribution is 5.30. The molecule has 2 rings (SSSR count). The Hall–Kier alpha value is -1.78. The summed E-state index contributed by atoms with van der Waals surface area (Å²) >= 11 is 0. The highest BCUT2D eigenvalue weighted by atomic mass is 19.1. The number of nitrogens with two attached hydrogens (primary N) is 1. The van der Waals surface area contributed by atoms with E-state index in [1.807, 2.05) is 0 Å². The van der Waals surface area contributed by atoms with Gasteiger partial charge in [-0.2, -0.15) is 0 Å². The molecule has 2 atom stereocenters. The molecule has 2 unspecified atom stereocenters. The molecule has 2 aromatic rings. The molecule has 0 radical (unpaired) electrons. The molecule has 0 saturated heterocycles. The molecule has 0 spiro atoms. The second-order valence-corrected chi connectivity index (χ2v) is 4.85. The number of aliphatic hydroxyl groups is 1. The van der Waals surface area contributed by atoms with Crippen LogP contribution < -0.4 is 5.73 Å². The first-order valence-corrected chi connectivity index (χ1v) is 6.42. The number of aliphatic hydroxyl groups excluding tert-OH is 1. The van der Waals surface area contributed by atoms with Gasteiger partial charge in [0, 0.05) is 12.5 Å². The number of rotatable bonds is 4. The van der Waals surface area contributed by atoms with Gasteiger partial charge in [-0.15, -0.1) is 0 Å². The Morgan fingerprint density at radius 1 is 1.10 bits per heavy atom. The summed E-state index contributed by atoms with van der Waals surface area (Å²) in [6.45, 7) is 1.80. The van der Waals surface area contributed by atoms with Crippen molar-refractivity contribution < 1.29 is 13.9 Å². The summed E-state index contributed by atoms with van der Waals surface area (Å²) < 4.78 is 26.5. The number of hydrogen-bond donors (Lipinski definition) is 2. The minimum absolute atomic E-state index is 0.168. The third-order valence-corrected chi connectivity index (χ3v) is 3.44. The molecule has 3 N–H and O–H groups in total. The fourth-order valence-electron chi connectivity index (χ4n) is 2.27. The van der Waals surface area contributed by atoms with Gasteiger partial charge in [-0.3, -0.25) is 0 Å². The Bertz CT molecular complexity index is 601. The lowest BCUT2D eigenvalue weighted by Gasteiger charge is -2.22. The molecule has 106 valence electrons. The van der Waals surface area contributed by atoms with E-state index in [0.29, 0.717) is 16.7 Å². The highest BCUT2D eigenvalue weighted by Gasteiger charge is 2.22. The molecular formula is C16H17F2NO. The van der Waals surface area contributed by atoms with Gasteiger partial charge < -0.3 is 10.8 Å². The molecule has 2 nitrogen and oxygen atoms in total. The van der Waals surface area contributed by atoms with Crippen molar-refractivity contribution in [3.8, 4) is 0 Å². The van der Waals surface area contributed by atoms with Crippen LogP contribution in [0.2, 0.25) is 0 Å². The molecule has 0 bridgehead atoms. The second kappa shape index (κ2) is 6.11. The predicted octanol–water partition coefficient (Wildman–Crippen LogP) is 3.05. The van der Waals surface area contributed by atoms with Crippen LogP contribution in [0, 0.1) is 18.6 Å². The van der Waals surface area contributed by atoms with E-state index in [1.165, 1.54) is 24.3 Å². The molecule has 0 heterocycles. The van der Waals surface area contributed by atoms with E-state index in [-0.39, 0.29) is 18.2 Å². The van der Waals surface area contributed by atoms with Crippen molar-refractivity contribution in [3.63, 3.8) is 0 Å². The quantitative estimate of drug-likeness (QED) is 0.902. The van der Waals surface area contributed by atoms with Gasteiger partial charge in [-0.25, -0.2) is 8.78 Å². The summed E-state index contributed by atoms with van der Waals surface area (Å²) in [6, 6.07) is 10.4. The number of hydrogen-bond acceptors (Lipinski definition) is 2. The summed E-state index contributed by atoms with van der Waals surface area (Å²) in [5.41, 5.74) is 7.36. The third-order valence-electron chi connectivity index (χ3n) is 3.44. The van der Waals surface area contributed by atoms with E-state index < -0.39 is 12.0 Å². The van der Waals surface area contributed by atoms with Crippen molar-refractivity contribution in [2.24, 2.45) is 5.73 Å². The molecule has 0 aliphatic carbocycles. The molecular weight excluding hydrogens is 260 g/mol. The maximum Gasteiger partial charge on any atom is 0.126 e. The molecule has 0 amide bonds. The molecule has 0 saturated carbocycles. The van der Waals surface area contributed by atoms with E-state index in [0.717, 1.165) is 0 Å². The van der Waals surface area contributed by atoms with Crippen LogP contribution in [0.15, 0.2) is 42.5 Å². The van der Waals surface area contributed by atoms with Crippen LogP contribution in [0.1, 0.15) is 28.7 Å². The molecule has 0 fully saturated rings. The Kier molecular flexibility index (Phi) is 4.47. The Labute approximate surface area is 116 Å². The van der Waals surface area contributed by atoms with Gasteiger partial charge in [-0.05, 0) is 41.8 Å². The molecule has 0 aromatic heterocycles. The molecule has 4 heteroatoms. The number of halogens is 2. The van der Waals surface area contributed by atoms with E-state index in [4.69, 9.17) is 5.73 Å². The lowest BCUT2D eigenvalue weighted by molar-refractivity contribution is 0.147. The summed E-state index contributed by atoms with van der Waals surface area (Å²) in [6.07, 6.45) is -0.902. The van der Waals surface area contributed by atoms with Gasteiger partial charge in [-0.1, -0.05) is 24.3 Å². The molecule has 2 aromatic carbocycles. The normalized spacial score (nSPS) is 14.1. The lowest BCUT2D eigenvalue weighted by atomic mass is 9.88. The van der Waals surface area contributed by atoms with Crippen LogP contribution in [-0.4, -0.2) is 11.7 Å². The second-order valence-electron chi connectivity index (χ2n) is 4.85. The van der Waals surface area contributed by atoms with E-state index in [1.54, 1.807) is 25.1 Å².